The molecule has 0 saturated heterocycles. The maximum absolute atomic E-state index is 12.5. The fraction of sp³-hybridized carbons (Fsp3) is 0.389. The summed E-state index contributed by atoms with van der Waals surface area (Å²) >= 11 is 0. The van der Waals surface area contributed by atoms with Crippen LogP contribution in [-0.4, -0.2) is 11.7 Å². The van der Waals surface area contributed by atoms with Crippen LogP contribution in [0.25, 0.3) is 0 Å². The Morgan fingerprint density at radius 2 is 2.09 bits per heavy atom. The van der Waals surface area contributed by atoms with Crippen molar-refractivity contribution in [2.45, 2.75) is 39.0 Å². The van der Waals surface area contributed by atoms with Crippen LogP contribution in [0.4, 0.5) is 0 Å². The molecule has 1 heterocycles. The minimum absolute atomic E-state index is 0.0399. The molecule has 2 atom stereocenters. The number of nitrogens with zero attached hydrogens (tertiary/aromatic N) is 1. The Hall–Kier alpha value is -2.41. The number of ketones is 1. The molecular formula is C18H18N2O2. The highest BCUT2D eigenvalue weighted by Gasteiger charge is 2.42. The number of nitrogens with one attached hydrogen (secondary N) is 1. The van der Waals surface area contributed by atoms with Crippen LogP contribution in [0.1, 0.15) is 41.9 Å². The van der Waals surface area contributed by atoms with Gasteiger partial charge in [0.15, 0.2) is 5.78 Å². The molecular weight excluding hydrogens is 276 g/mol. The van der Waals surface area contributed by atoms with Crippen LogP contribution in [-0.2, 0) is 9.53 Å². The van der Waals surface area contributed by atoms with Gasteiger partial charge in [0.05, 0.1) is 6.07 Å². The molecule has 0 radical (unpaired) electrons. The van der Waals surface area contributed by atoms with Gasteiger partial charge in [-0.3, -0.25) is 10.2 Å². The third-order valence-corrected chi connectivity index (χ3v) is 4.48. The van der Waals surface area contributed by atoms with Gasteiger partial charge in [0.2, 0.25) is 5.90 Å². The van der Waals surface area contributed by atoms with Gasteiger partial charge in [0.1, 0.15) is 11.7 Å². The van der Waals surface area contributed by atoms with Gasteiger partial charge in [-0.25, -0.2) is 0 Å². The number of carbonyl (C=O) groups is 1. The normalized spacial score (nSPS) is 24.6. The molecule has 2 aliphatic rings. The SMILES string of the molecule is Cc1ccc(C)c(C2C3=C(CCCC3=O)OC(=N)C2C#N)c1. The van der Waals surface area contributed by atoms with Crippen LogP contribution >= 0.6 is 0 Å². The number of ether oxygens (including phenoxy) is 1. The van der Waals surface area contributed by atoms with E-state index in [1.54, 1.807) is 0 Å². The molecule has 1 aliphatic heterocycles. The molecule has 0 fully saturated rings. The van der Waals surface area contributed by atoms with Gasteiger partial charge in [-0.1, -0.05) is 23.8 Å². The smallest absolute Gasteiger partial charge is 0.205 e. The van der Waals surface area contributed by atoms with Crippen molar-refractivity contribution in [1.82, 2.24) is 0 Å². The zero-order valence-corrected chi connectivity index (χ0v) is 12.8. The molecule has 4 heteroatoms. The van der Waals surface area contributed by atoms with Gasteiger partial charge in [-0.15, -0.1) is 0 Å². The molecule has 1 aromatic carbocycles. The quantitative estimate of drug-likeness (QED) is 0.860. The van der Waals surface area contributed by atoms with E-state index in [1.807, 2.05) is 32.0 Å². The number of rotatable bonds is 1. The van der Waals surface area contributed by atoms with Crippen molar-refractivity contribution in [1.29, 1.82) is 10.7 Å². The van der Waals surface area contributed by atoms with Crippen molar-refractivity contribution in [3.8, 4) is 6.07 Å². The molecule has 0 bridgehead atoms. The minimum Gasteiger partial charge on any atom is -0.446 e. The first kappa shape index (κ1) is 14.5. The average molecular weight is 294 g/mol. The molecule has 22 heavy (non-hydrogen) atoms. The van der Waals surface area contributed by atoms with Crippen LogP contribution in [0.15, 0.2) is 29.5 Å². The fourth-order valence-corrected chi connectivity index (χ4v) is 3.36. The van der Waals surface area contributed by atoms with Gasteiger partial charge < -0.3 is 4.74 Å². The predicted octanol–water partition coefficient (Wildman–Crippen LogP) is 3.54. The Balaban J connectivity index is 2.23. The van der Waals surface area contributed by atoms with Crippen molar-refractivity contribution in [2.24, 2.45) is 5.92 Å². The molecule has 3 rings (SSSR count). The summed E-state index contributed by atoms with van der Waals surface area (Å²) in [5, 5.41) is 17.6. The molecule has 0 amide bonds. The van der Waals surface area contributed by atoms with Crippen molar-refractivity contribution >= 4 is 11.7 Å². The maximum atomic E-state index is 12.5. The number of hydrogen-bond acceptors (Lipinski definition) is 4. The summed E-state index contributed by atoms with van der Waals surface area (Å²) in [6.07, 6.45) is 1.92. The zero-order chi connectivity index (χ0) is 15.9. The van der Waals surface area contributed by atoms with E-state index in [4.69, 9.17) is 10.1 Å². The molecule has 0 spiro atoms. The van der Waals surface area contributed by atoms with E-state index in [9.17, 15) is 10.1 Å². The van der Waals surface area contributed by atoms with Gasteiger partial charge in [0.25, 0.3) is 0 Å². The molecule has 1 aliphatic carbocycles. The highest BCUT2D eigenvalue weighted by atomic mass is 16.5. The largest absolute Gasteiger partial charge is 0.446 e. The lowest BCUT2D eigenvalue weighted by Crippen LogP contribution is -2.34. The van der Waals surface area contributed by atoms with E-state index in [2.05, 4.69) is 6.07 Å². The van der Waals surface area contributed by atoms with Crippen LogP contribution in [0.2, 0.25) is 0 Å². The summed E-state index contributed by atoms with van der Waals surface area (Å²) in [4.78, 5) is 12.5. The number of carbonyl (C=O) groups excluding carboxylic acids is 1. The maximum Gasteiger partial charge on any atom is 0.205 e. The second-order valence-corrected chi connectivity index (χ2v) is 6.02. The Morgan fingerprint density at radius 3 is 2.82 bits per heavy atom. The molecule has 1 aromatic rings. The minimum atomic E-state index is -0.735. The third-order valence-electron chi connectivity index (χ3n) is 4.48. The molecule has 1 N–H and O–H groups in total. The summed E-state index contributed by atoms with van der Waals surface area (Å²) in [5.41, 5.74) is 3.70. The lowest BCUT2D eigenvalue weighted by Gasteiger charge is -2.34. The monoisotopic (exact) mass is 294 g/mol. The predicted molar refractivity (Wildman–Crippen MR) is 82.5 cm³/mol. The van der Waals surface area contributed by atoms with Gasteiger partial charge in [-0.2, -0.15) is 5.26 Å². The first-order valence-electron chi connectivity index (χ1n) is 7.52. The Kier molecular flexibility index (Phi) is 3.58. The number of benzene rings is 1. The van der Waals surface area contributed by atoms with Crippen LogP contribution in [0.3, 0.4) is 0 Å². The summed E-state index contributed by atoms with van der Waals surface area (Å²) < 4.78 is 5.51. The van der Waals surface area contributed by atoms with E-state index in [0.717, 1.165) is 23.1 Å². The van der Waals surface area contributed by atoms with E-state index < -0.39 is 5.92 Å². The average Bonchev–Trinajstić information content (AvgIpc) is 2.48. The van der Waals surface area contributed by atoms with E-state index >= 15 is 0 Å². The number of Topliss-reactive ketones (excluding diaryl/α,β-unsaturated/α-hetero) is 1. The molecule has 0 aromatic heterocycles. The summed E-state index contributed by atoms with van der Waals surface area (Å²) in [6, 6.07) is 8.21. The van der Waals surface area contributed by atoms with Crippen LogP contribution in [0.5, 0.6) is 0 Å². The first-order valence-corrected chi connectivity index (χ1v) is 7.52. The Bertz CT molecular complexity index is 740. The molecule has 0 saturated carbocycles. The van der Waals surface area contributed by atoms with E-state index in [-0.39, 0.29) is 17.6 Å². The van der Waals surface area contributed by atoms with Crippen molar-refractivity contribution in [2.75, 3.05) is 0 Å². The van der Waals surface area contributed by atoms with E-state index in [0.29, 0.717) is 24.2 Å². The second-order valence-electron chi connectivity index (χ2n) is 6.02. The summed E-state index contributed by atoms with van der Waals surface area (Å²) in [7, 11) is 0. The molecule has 4 nitrogen and oxygen atoms in total. The van der Waals surface area contributed by atoms with Crippen molar-refractivity contribution < 1.29 is 9.53 Å². The topological polar surface area (TPSA) is 73.9 Å². The number of nitriles is 1. The fourth-order valence-electron chi connectivity index (χ4n) is 3.36. The highest BCUT2D eigenvalue weighted by molar-refractivity contribution is 6.01. The number of aryl methyl sites for hydroxylation is 2. The zero-order valence-electron chi connectivity index (χ0n) is 12.8. The van der Waals surface area contributed by atoms with Gasteiger partial charge in [-0.05, 0) is 31.4 Å². The summed E-state index contributed by atoms with van der Waals surface area (Å²) in [5.74, 6) is -0.504. The van der Waals surface area contributed by atoms with E-state index in [1.165, 1.54) is 0 Å². The highest BCUT2D eigenvalue weighted by Crippen LogP contribution is 2.44. The number of allylic oxidation sites excluding steroid dienone is 2. The van der Waals surface area contributed by atoms with Crippen LogP contribution in [0, 0.1) is 36.5 Å². The Labute approximate surface area is 129 Å². The second kappa shape index (κ2) is 5.42. The number of hydrogen-bond donors (Lipinski definition) is 1. The standard InChI is InChI=1S/C18H18N2O2/c1-10-6-7-11(2)12(8-10)16-13(9-19)18(20)22-15-5-3-4-14(21)17(15)16/h6-8,13,16,20H,3-5H2,1-2H3. The van der Waals surface area contributed by atoms with Gasteiger partial charge >= 0.3 is 0 Å². The summed E-state index contributed by atoms with van der Waals surface area (Å²) in [6.45, 7) is 3.97. The lowest BCUT2D eigenvalue weighted by atomic mass is 9.73. The molecule has 2 unspecified atom stereocenters. The van der Waals surface area contributed by atoms with Crippen molar-refractivity contribution in [3.63, 3.8) is 0 Å². The van der Waals surface area contributed by atoms with Gasteiger partial charge in [0, 0.05) is 24.3 Å². The lowest BCUT2D eigenvalue weighted by molar-refractivity contribution is -0.116. The van der Waals surface area contributed by atoms with Crippen LogP contribution < -0.4 is 0 Å². The first-order chi connectivity index (χ1) is 10.5. The van der Waals surface area contributed by atoms with Crippen molar-refractivity contribution in [3.05, 3.63) is 46.2 Å². The Morgan fingerprint density at radius 1 is 1.32 bits per heavy atom. The third kappa shape index (κ3) is 2.23. The molecule has 112 valence electrons.